The molecule has 0 saturated carbocycles. The third kappa shape index (κ3) is 13.0. The molecule has 1 aliphatic carbocycles. The highest BCUT2D eigenvalue weighted by atomic mass is 15.1. The van der Waals surface area contributed by atoms with Gasteiger partial charge in [0.2, 0.25) is 0 Å². The van der Waals surface area contributed by atoms with Crippen LogP contribution in [0.15, 0.2) is 192 Å². The number of hydrogen-bond acceptors (Lipinski definition) is 2. The average molecular weight is 661 g/mol. The van der Waals surface area contributed by atoms with Gasteiger partial charge in [-0.15, -0.1) is 0 Å². The normalized spacial score (nSPS) is 15.5. The second-order valence-corrected chi connectivity index (χ2v) is 12.1. The van der Waals surface area contributed by atoms with Gasteiger partial charge in [-0.25, -0.2) is 0 Å². The Balaban J connectivity index is 1.88. The fourth-order valence-corrected chi connectivity index (χ4v) is 5.59. The minimum Gasteiger partial charge on any atom is -0.364 e. The molecule has 0 fully saturated rings. The molecule has 2 heteroatoms. The smallest absolute Gasteiger partial charge is 0.122 e. The number of hydrogen-bond donors (Lipinski definition) is 1. The van der Waals surface area contributed by atoms with E-state index in [2.05, 4.69) is 174 Å². The van der Waals surface area contributed by atoms with Crippen molar-refractivity contribution in [1.29, 1.82) is 0 Å². The van der Waals surface area contributed by atoms with E-state index in [0.29, 0.717) is 0 Å². The van der Waals surface area contributed by atoms with E-state index in [-0.39, 0.29) is 6.17 Å². The number of aliphatic imine (C=N–C) groups is 1. The van der Waals surface area contributed by atoms with Crippen molar-refractivity contribution in [2.75, 3.05) is 0 Å². The zero-order chi connectivity index (χ0) is 36.0. The molecule has 0 heterocycles. The topological polar surface area (TPSA) is 24.4 Å². The van der Waals surface area contributed by atoms with Crippen molar-refractivity contribution >= 4 is 16.9 Å². The Labute approximate surface area is 303 Å². The number of allylic oxidation sites excluding steroid dienone is 20. The van der Waals surface area contributed by atoms with E-state index < -0.39 is 0 Å². The predicted octanol–water partition coefficient (Wildman–Crippen LogP) is 13.2. The molecule has 2 aromatic rings. The predicted molar refractivity (Wildman–Crippen MR) is 223 cm³/mol. The monoisotopic (exact) mass is 660 g/mol. The van der Waals surface area contributed by atoms with Gasteiger partial charge in [-0.1, -0.05) is 173 Å². The second kappa shape index (κ2) is 22.4. The van der Waals surface area contributed by atoms with Gasteiger partial charge < -0.3 is 5.32 Å². The molecule has 0 bridgehead atoms. The lowest BCUT2D eigenvalue weighted by Crippen LogP contribution is -2.28. The van der Waals surface area contributed by atoms with Crippen LogP contribution in [0, 0.1) is 0 Å². The van der Waals surface area contributed by atoms with Gasteiger partial charge in [0.25, 0.3) is 0 Å². The van der Waals surface area contributed by atoms with E-state index in [4.69, 9.17) is 4.99 Å². The van der Waals surface area contributed by atoms with Crippen LogP contribution in [-0.2, 0) is 0 Å². The molecule has 0 amide bonds. The lowest BCUT2D eigenvalue weighted by atomic mass is 9.96. The lowest BCUT2D eigenvalue weighted by Gasteiger charge is -2.20. The van der Waals surface area contributed by atoms with Crippen LogP contribution in [0.4, 0.5) is 0 Å². The summed E-state index contributed by atoms with van der Waals surface area (Å²) in [6.45, 7) is 18.7. The second-order valence-electron chi connectivity index (χ2n) is 12.1. The Morgan fingerprint density at radius 3 is 2.38 bits per heavy atom. The largest absolute Gasteiger partial charge is 0.364 e. The first kappa shape index (κ1) is 39.2. The third-order valence-corrected chi connectivity index (χ3v) is 8.30. The van der Waals surface area contributed by atoms with Gasteiger partial charge in [-0.2, -0.15) is 0 Å². The van der Waals surface area contributed by atoms with E-state index in [9.17, 15) is 0 Å². The highest BCUT2D eigenvalue weighted by Crippen LogP contribution is 2.28. The zero-order valence-corrected chi connectivity index (χ0v) is 30.9. The maximum Gasteiger partial charge on any atom is 0.122 e. The number of rotatable bonds is 18. The molecule has 1 N–H and O–H groups in total. The molecular weight excluding hydrogens is 605 g/mol. The molecule has 1 aliphatic rings. The summed E-state index contributed by atoms with van der Waals surface area (Å²) in [6.07, 6.45) is 38.4. The van der Waals surface area contributed by atoms with E-state index in [0.717, 1.165) is 54.6 Å². The van der Waals surface area contributed by atoms with E-state index in [1.54, 1.807) is 6.08 Å². The molecule has 258 valence electrons. The molecule has 50 heavy (non-hydrogen) atoms. The fourth-order valence-electron chi connectivity index (χ4n) is 5.59. The van der Waals surface area contributed by atoms with Crippen molar-refractivity contribution in [3.05, 3.63) is 204 Å². The van der Waals surface area contributed by atoms with Crippen LogP contribution in [0.5, 0.6) is 0 Å². The van der Waals surface area contributed by atoms with Crippen molar-refractivity contribution in [1.82, 2.24) is 5.32 Å². The first-order valence-corrected chi connectivity index (χ1v) is 18.0. The van der Waals surface area contributed by atoms with Gasteiger partial charge in [0.05, 0.1) is 0 Å². The maximum atomic E-state index is 5.22. The summed E-state index contributed by atoms with van der Waals surface area (Å²) in [6, 6.07) is 19.2. The number of benzene rings is 2. The molecule has 0 radical (unpaired) electrons. The van der Waals surface area contributed by atoms with Gasteiger partial charge in [0.1, 0.15) is 6.17 Å². The van der Waals surface area contributed by atoms with Crippen molar-refractivity contribution in [3.63, 3.8) is 0 Å². The quantitative estimate of drug-likeness (QED) is 0.125. The molecule has 1 atom stereocenters. The minimum atomic E-state index is -0.114. The summed E-state index contributed by atoms with van der Waals surface area (Å²) in [5.74, 6) is 0. The van der Waals surface area contributed by atoms with Crippen molar-refractivity contribution in [2.24, 2.45) is 4.99 Å². The van der Waals surface area contributed by atoms with Crippen molar-refractivity contribution < 1.29 is 0 Å². The van der Waals surface area contributed by atoms with E-state index in [1.807, 2.05) is 25.1 Å². The summed E-state index contributed by atoms with van der Waals surface area (Å²) in [5, 5.41) is 3.76. The number of nitrogens with zero attached hydrogens (tertiary/aromatic N) is 1. The Morgan fingerprint density at radius 2 is 1.70 bits per heavy atom. The Hall–Kier alpha value is -5.21. The summed E-state index contributed by atoms with van der Waals surface area (Å²) in [4.78, 5) is 5.22. The van der Waals surface area contributed by atoms with Crippen LogP contribution in [0.1, 0.15) is 83.4 Å². The summed E-state index contributed by atoms with van der Waals surface area (Å²) < 4.78 is 0. The van der Waals surface area contributed by atoms with Gasteiger partial charge in [0.15, 0.2) is 0 Å². The zero-order valence-electron chi connectivity index (χ0n) is 30.9. The van der Waals surface area contributed by atoms with Crippen LogP contribution < -0.4 is 5.32 Å². The van der Waals surface area contributed by atoms with Gasteiger partial charge in [-0.3, -0.25) is 4.99 Å². The first-order chi connectivity index (χ1) is 24.4. The van der Waals surface area contributed by atoms with Crippen molar-refractivity contribution in [2.45, 2.75) is 72.9 Å². The molecular formula is C48H56N2. The van der Waals surface area contributed by atoms with Crippen LogP contribution >= 0.6 is 0 Å². The molecule has 3 rings (SSSR count). The van der Waals surface area contributed by atoms with E-state index in [1.165, 1.54) is 33.4 Å². The van der Waals surface area contributed by atoms with Gasteiger partial charge >= 0.3 is 0 Å². The fraction of sp³-hybridized carbons (Fsp3) is 0.229. The molecule has 1 unspecified atom stereocenters. The lowest BCUT2D eigenvalue weighted by molar-refractivity contribution is 0.597. The third-order valence-electron chi connectivity index (χ3n) is 8.30. The molecule has 2 nitrogen and oxygen atoms in total. The van der Waals surface area contributed by atoms with Crippen LogP contribution in [0.2, 0.25) is 0 Å². The molecule has 2 aromatic carbocycles. The molecule has 0 saturated heterocycles. The van der Waals surface area contributed by atoms with Crippen LogP contribution in [-0.4, -0.2) is 11.9 Å². The van der Waals surface area contributed by atoms with Crippen LogP contribution in [0.25, 0.3) is 11.1 Å². The summed E-state index contributed by atoms with van der Waals surface area (Å²) >= 11 is 0. The van der Waals surface area contributed by atoms with Crippen LogP contribution in [0.3, 0.4) is 0 Å². The Morgan fingerprint density at radius 1 is 0.920 bits per heavy atom. The molecule has 0 aliphatic heterocycles. The first-order valence-electron chi connectivity index (χ1n) is 18.0. The number of nitrogens with one attached hydrogen (secondary N) is 1. The SMILES string of the molecule is C=C/C=C\C=C/CC(/N=C(\C)c1ccc(C2=CCC=CC(C(/C=C\C)=C/CC(=C)c3ccccc3)=C2)cc1)NC(=C/CC)/C(=C/C=C\C)CC. The molecule has 0 aromatic heterocycles. The maximum absolute atomic E-state index is 5.22. The van der Waals surface area contributed by atoms with E-state index >= 15 is 0 Å². The summed E-state index contributed by atoms with van der Waals surface area (Å²) in [7, 11) is 0. The Kier molecular flexibility index (Phi) is 17.6. The highest BCUT2D eigenvalue weighted by molar-refractivity contribution is 5.99. The standard InChI is InChI=1S/C48H56N2/c1-8-13-15-16-20-30-48(50-47(24-11-4)40(12-5)25-14-9-2)49-39(7)42-33-35-44(36-34-42)46-29-22-21-28-45(37-46)43(23-10-3)32-31-38(6)41-26-18-17-19-27-41/h8-10,13-21,23-29,32-37,48,50H,1,6,11-12,22,30-31H2,2-5,7H3/b14-9-,15-13-,20-16-,23-10-,40-25+,43-32+,47-24+,49-39+. The molecule has 0 spiro atoms. The van der Waals surface area contributed by atoms with Gasteiger partial charge in [-0.05, 0) is 97.1 Å². The summed E-state index contributed by atoms with van der Waals surface area (Å²) in [5.41, 5.74) is 11.6. The van der Waals surface area contributed by atoms with Gasteiger partial charge in [0, 0.05) is 17.8 Å². The minimum absolute atomic E-state index is 0.114. The average Bonchev–Trinajstić information content (AvgIpc) is 3.40. The Bertz CT molecular complexity index is 1740. The van der Waals surface area contributed by atoms with Crippen molar-refractivity contribution in [3.8, 4) is 0 Å². The highest BCUT2D eigenvalue weighted by Gasteiger charge is 2.12.